The Kier molecular flexibility index (Phi) is 4.75. The highest BCUT2D eigenvalue weighted by atomic mass is 19.1. The summed E-state index contributed by atoms with van der Waals surface area (Å²) in [5.41, 5.74) is 0.445. The number of hydrogen-bond acceptors (Lipinski definition) is 5. The zero-order valence-corrected chi connectivity index (χ0v) is 13.8. The molecule has 2 fully saturated rings. The summed E-state index contributed by atoms with van der Waals surface area (Å²) < 4.78 is 14.4. The minimum Gasteiger partial charge on any atom is -0.351 e. The van der Waals surface area contributed by atoms with Gasteiger partial charge in [0, 0.05) is 26.2 Å². The zero-order chi connectivity index (χ0) is 16.4. The average molecular weight is 321 g/mol. The predicted octanol–water partition coefficient (Wildman–Crippen LogP) is 0.921. The van der Waals surface area contributed by atoms with Crippen molar-refractivity contribution in [2.75, 3.05) is 44.7 Å². The van der Waals surface area contributed by atoms with E-state index in [1.165, 1.54) is 6.33 Å². The molecule has 0 aliphatic carbocycles. The summed E-state index contributed by atoms with van der Waals surface area (Å²) in [5, 5.41) is 0. The molecule has 0 radical (unpaired) electrons. The van der Waals surface area contributed by atoms with Crippen molar-refractivity contribution >= 4 is 11.7 Å². The van der Waals surface area contributed by atoms with Gasteiger partial charge in [0.1, 0.15) is 6.33 Å². The van der Waals surface area contributed by atoms with Gasteiger partial charge < -0.3 is 9.80 Å². The van der Waals surface area contributed by atoms with E-state index in [1.54, 1.807) is 0 Å². The molecule has 0 N–H and O–H groups in total. The zero-order valence-electron chi connectivity index (χ0n) is 13.8. The van der Waals surface area contributed by atoms with Crippen LogP contribution in [0.15, 0.2) is 6.33 Å². The van der Waals surface area contributed by atoms with Gasteiger partial charge in [-0.05, 0) is 32.9 Å². The average Bonchev–Trinajstić information content (AvgIpc) is 3.01. The van der Waals surface area contributed by atoms with E-state index in [9.17, 15) is 9.18 Å². The number of amides is 1. The van der Waals surface area contributed by atoms with Crippen LogP contribution in [0.1, 0.15) is 25.5 Å². The number of hydrogen-bond donors (Lipinski definition) is 0. The SMILES string of the molecule is CCc1ncnc(N2CCN(C(=O)C3CCCN3C)CC2)c1F. The highest BCUT2D eigenvalue weighted by Gasteiger charge is 2.33. The first kappa shape index (κ1) is 16.1. The van der Waals surface area contributed by atoms with Crippen molar-refractivity contribution < 1.29 is 9.18 Å². The maximum Gasteiger partial charge on any atom is 0.240 e. The molecule has 0 aromatic carbocycles. The molecule has 1 amide bonds. The molecule has 1 aromatic heterocycles. The molecular formula is C16H24FN5O. The molecule has 1 atom stereocenters. The van der Waals surface area contributed by atoms with Crippen LogP contribution in [0.4, 0.5) is 10.2 Å². The van der Waals surface area contributed by atoms with Gasteiger partial charge in [-0.2, -0.15) is 0 Å². The Hall–Kier alpha value is -1.76. The van der Waals surface area contributed by atoms with Crippen LogP contribution in [0.3, 0.4) is 0 Å². The molecule has 7 heteroatoms. The normalized spacial score (nSPS) is 22.7. The number of rotatable bonds is 3. The summed E-state index contributed by atoms with van der Waals surface area (Å²) in [6.45, 7) is 5.33. The third-order valence-electron chi connectivity index (χ3n) is 4.87. The quantitative estimate of drug-likeness (QED) is 0.829. The molecule has 3 heterocycles. The van der Waals surface area contributed by atoms with E-state index in [4.69, 9.17) is 0 Å². The molecule has 0 bridgehead atoms. The molecule has 2 saturated heterocycles. The van der Waals surface area contributed by atoms with E-state index in [0.29, 0.717) is 44.1 Å². The van der Waals surface area contributed by atoms with Gasteiger partial charge in [-0.15, -0.1) is 0 Å². The molecule has 3 rings (SSSR count). The Morgan fingerprint density at radius 2 is 2.00 bits per heavy atom. The molecule has 0 saturated carbocycles. The first-order valence-electron chi connectivity index (χ1n) is 8.35. The predicted molar refractivity (Wildman–Crippen MR) is 85.8 cm³/mol. The van der Waals surface area contributed by atoms with Crippen molar-refractivity contribution in [1.29, 1.82) is 0 Å². The topological polar surface area (TPSA) is 52.6 Å². The summed E-state index contributed by atoms with van der Waals surface area (Å²) in [5.74, 6) is 0.245. The number of aromatic nitrogens is 2. The summed E-state index contributed by atoms with van der Waals surface area (Å²) in [6.07, 6.45) is 3.99. The van der Waals surface area contributed by atoms with Gasteiger partial charge in [0.05, 0.1) is 11.7 Å². The van der Waals surface area contributed by atoms with Crippen molar-refractivity contribution in [3.63, 3.8) is 0 Å². The van der Waals surface area contributed by atoms with E-state index in [-0.39, 0.29) is 17.8 Å². The van der Waals surface area contributed by atoms with Crippen molar-refractivity contribution in [2.24, 2.45) is 0 Å². The van der Waals surface area contributed by atoms with Gasteiger partial charge in [0.2, 0.25) is 5.91 Å². The van der Waals surface area contributed by atoms with Crippen LogP contribution in [-0.2, 0) is 11.2 Å². The number of carbonyl (C=O) groups is 1. The Morgan fingerprint density at radius 3 is 2.61 bits per heavy atom. The Labute approximate surface area is 136 Å². The summed E-state index contributed by atoms with van der Waals surface area (Å²) in [7, 11) is 2.01. The fraction of sp³-hybridized carbons (Fsp3) is 0.688. The summed E-state index contributed by atoms with van der Waals surface area (Å²) >= 11 is 0. The van der Waals surface area contributed by atoms with Crippen LogP contribution in [-0.4, -0.2) is 71.5 Å². The number of piperazine rings is 1. The molecule has 2 aliphatic heterocycles. The third-order valence-corrected chi connectivity index (χ3v) is 4.87. The van der Waals surface area contributed by atoms with Gasteiger partial charge in [-0.25, -0.2) is 14.4 Å². The lowest BCUT2D eigenvalue weighted by atomic mass is 10.1. The van der Waals surface area contributed by atoms with Gasteiger partial charge in [-0.3, -0.25) is 9.69 Å². The minimum absolute atomic E-state index is 0.0176. The van der Waals surface area contributed by atoms with Crippen LogP contribution in [0.2, 0.25) is 0 Å². The van der Waals surface area contributed by atoms with E-state index in [0.717, 1.165) is 19.4 Å². The maximum absolute atomic E-state index is 14.4. The van der Waals surface area contributed by atoms with Crippen molar-refractivity contribution in [3.8, 4) is 0 Å². The van der Waals surface area contributed by atoms with Crippen molar-refractivity contribution in [2.45, 2.75) is 32.2 Å². The summed E-state index contributed by atoms with van der Waals surface area (Å²) in [6, 6.07) is 0.0176. The number of carbonyl (C=O) groups excluding carboxylic acids is 1. The van der Waals surface area contributed by atoms with E-state index < -0.39 is 0 Å². The molecule has 0 spiro atoms. The van der Waals surface area contributed by atoms with Gasteiger partial charge in [0.25, 0.3) is 0 Å². The van der Waals surface area contributed by atoms with Crippen LogP contribution < -0.4 is 4.90 Å². The second kappa shape index (κ2) is 6.78. The maximum atomic E-state index is 14.4. The number of likely N-dealkylation sites (N-methyl/N-ethyl adjacent to an activating group) is 1. The Balaban J connectivity index is 1.63. The van der Waals surface area contributed by atoms with Gasteiger partial charge >= 0.3 is 0 Å². The third kappa shape index (κ3) is 3.15. The Morgan fingerprint density at radius 1 is 1.26 bits per heavy atom. The molecular weight excluding hydrogens is 297 g/mol. The van der Waals surface area contributed by atoms with E-state index in [1.807, 2.05) is 23.8 Å². The number of aryl methyl sites for hydroxylation is 1. The lowest BCUT2D eigenvalue weighted by Crippen LogP contribution is -2.53. The van der Waals surface area contributed by atoms with E-state index in [2.05, 4.69) is 14.9 Å². The minimum atomic E-state index is -0.328. The number of anilines is 1. The number of nitrogens with zero attached hydrogens (tertiary/aromatic N) is 5. The molecule has 6 nitrogen and oxygen atoms in total. The van der Waals surface area contributed by atoms with E-state index >= 15 is 0 Å². The summed E-state index contributed by atoms with van der Waals surface area (Å²) in [4.78, 5) is 26.6. The highest BCUT2D eigenvalue weighted by molar-refractivity contribution is 5.82. The van der Waals surface area contributed by atoms with Gasteiger partial charge in [0.15, 0.2) is 11.6 Å². The fourth-order valence-corrected chi connectivity index (χ4v) is 3.43. The lowest BCUT2D eigenvalue weighted by molar-refractivity contribution is -0.135. The molecule has 1 unspecified atom stereocenters. The molecule has 126 valence electrons. The molecule has 1 aromatic rings. The lowest BCUT2D eigenvalue weighted by Gasteiger charge is -2.37. The molecule has 2 aliphatic rings. The van der Waals surface area contributed by atoms with Gasteiger partial charge in [-0.1, -0.05) is 6.92 Å². The van der Waals surface area contributed by atoms with Crippen LogP contribution >= 0.6 is 0 Å². The first-order valence-corrected chi connectivity index (χ1v) is 8.35. The monoisotopic (exact) mass is 321 g/mol. The smallest absolute Gasteiger partial charge is 0.240 e. The number of likely N-dealkylation sites (tertiary alicyclic amines) is 1. The van der Waals surface area contributed by atoms with Crippen LogP contribution in [0.25, 0.3) is 0 Å². The standard InChI is InChI=1S/C16H24FN5O/c1-3-12-14(17)15(19-11-18-12)21-7-9-22(10-8-21)16(23)13-5-4-6-20(13)2/h11,13H,3-10H2,1-2H3. The number of halogens is 1. The van der Waals surface area contributed by atoms with Crippen LogP contribution in [0.5, 0.6) is 0 Å². The fourth-order valence-electron chi connectivity index (χ4n) is 3.43. The van der Waals surface area contributed by atoms with Crippen molar-refractivity contribution in [3.05, 3.63) is 17.8 Å². The largest absolute Gasteiger partial charge is 0.351 e. The highest BCUT2D eigenvalue weighted by Crippen LogP contribution is 2.22. The van der Waals surface area contributed by atoms with Crippen molar-refractivity contribution in [1.82, 2.24) is 19.8 Å². The molecule has 23 heavy (non-hydrogen) atoms. The first-order chi connectivity index (χ1) is 11.1. The second-order valence-corrected chi connectivity index (χ2v) is 6.26. The van der Waals surface area contributed by atoms with Crippen LogP contribution in [0, 0.1) is 5.82 Å². The second-order valence-electron chi connectivity index (χ2n) is 6.26. The Bertz CT molecular complexity index is 574.